The Morgan fingerprint density at radius 3 is 2.41 bits per heavy atom. The molecule has 0 unspecified atom stereocenters. The van der Waals surface area contributed by atoms with E-state index in [1.807, 2.05) is 19.9 Å². The third-order valence-corrected chi connectivity index (χ3v) is 4.18. The molecule has 2 aromatic rings. The summed E-state index contributed by atoms with van der Waals surface area (Å²) in [6.07, 6.45) is 1.53. The van der Waals surface area contributed by atoms with Gasteiger partial charge in [0, 0.05) is 25.2 Å². The summed E-state index contributed by atoms with van der Waals surface area (Å²) < 4.78 is 6.38. The number of nitrogens with zero attached hydrogens (tertiary/aromatic N) is 1. The summed E-state index contributed by atoms with van der Waals surface area (Å²) in [5, 5.41) is 2.14. The first-order valence-electron chi connectivity index (χ1n) is 8.49. The first-order chi connectivity index (χ1) is 12.8. The van der Waals surface area contributed by atoms with Crippen molar-refractivity contribution in [2.24, 2.45) is 7.05 Å². The molecule has 0 aliphatic heterocycles. The van der Waals surface area contributed by atoms with Gasteiger partial charge in [0.2, 0.25) is 0 Å². The van der Waals surface area contributed by atoms with Crippen LogP contribution in [-0.2, 0) is 21.4 Å². The Bertz CT molecular complexity index is 882. The molecule has 2 rings (SSSR count). The number of Topliss-reactive ketones (excluding diaryl/α,β-unsaturated/α-hetero) is 1. The van der Waals surface area contributed by atoms with Gasteiger partial charge in [-0.2, -0.15) is 0 Å². The van der Waals surface area contributed by atoms with Gasteiger partial charge in [-0.3, -0.25) is 24.5 Å². The molecule has 0 radical (unpaired) electrons. The molecule has 1 aromatic carbocycles. The topological polar surface area (TPSA) is 94.5 Å². The summed E-state index contributed by atoms with van der Waals surface area (Å²) in [5.41, 5.74) is 2.94. The Labute approximate surface area is 157 Å². The van der Waals surface area contributed by atoms with Crippen LogP contribution in [0.25, 0.3) is 0 Å². The van der Waals surface area contributed by atoms with Crippen molar-refractivity contribution < 1.29 is 23.9 Å². The average molecular weight is 370 g/mol. The van der Waals surface area contributed by atoms with Crippen LogP contribution in [0, 0.1) is 13.8 Å². The third kappa shape index (κ3) is 5.64. The van der Waals surface area contributed by atoms with Crippen molar-refractivity contribution in [1.29, 1.82) is 0 Å². The number of esters is 1. The van der Waals surface area contributed by atoms with Crippen molar-refractivity contribution in [2.75, 3.05) is 6.61 Å². The number of carbonyl (C=O) groups is 4. The summed E-state index contributed by atoms with van der Waals surface area (Å²) in [7, 11) is 1.67. The maximum atomic E-state index is 12.1. The zero-order valence-corrected chi connectivity index (χ0v) is 15.6. The Morgan fingerprint density at radius 1 is 1.04 bits per heavy atom. The number of rotatable bonds is 7. The molecular formula is C20H22N2O5. The second-order valence-corrected chi connectivity index (χ2v) is 6.26. The lowest BCUT2D eigenvalue weighted by Gasteiger charge is -2.07. The zero-order valence-electron chi connectivity index (χ0n) is 15.6. The average Bonchev–Trinajstić information content (AvgIpc) is 3.06. The van der Waals surface area contributed by atoms with Gasteiger partial charge in [-0.1, -0.05) is 12.1 Å². The lowest BCUT2D eigenvalue weighted by molar-refractivity contribution is -0.148. The number of ketones is 1. The van der Waals surface area contributed by atoms with Crippen LogP contribution in [0.15, 0.2) is 36.5 Å². The van der Waals surface area contributed by atoms with Crippen LogP contribution in [0.5, 0.6) is 0 Å². The summed E-state index contributed by atoms with van der Waals surface area (Å²) >= 11 is 0. The van der Waals surface area contributed by atoms with Gasteiger partial charge in [0.1, 0.15) is 5.69 Å². The number of benzene rings is 1. The van der Waals surface area contributed by atoms with E-state index in [-0.39, 0.29) is 18.6 Å². The molecular weight excluding hydrogens is 348 g/mol. The number of carbonyl (C=O) groups excluding carboxylic acids is 4. The number of imide groups is 1. The van der Waals surface area contributed by atoms with E-state index in [4.69, 9.17) is 4.74 Å². The minimum Gasteiger partial charge on any atom is -0.456 e. The number of aromatic nitrogens is 1. The highest BCUT2D eigenvalue weighted by Gasteiger charge is 2.15. The van der Waals surface area contributed by atoms with E-state index in [0.717, 1.165) is 11.1 Å². The van der Waals surface area contributed by atoms with Crippen LogP contribution < -0.4 is 5.32 Å². The van der Waals surface area contributed by atoms with Crippen LogP contribution in [0.2, 0.25) is 0 Å². The van der Waals surface area contributed by atoms with Crippen molar-refractivity contribution in [3.8, 4) is 0 Å². The van der Waals surface area contributed by atoms with Crippen molar-refractivity contribution in [1.82, 2.24) is 9.88 Å². The molecule has 0 fully saturated rings. The van der Waals surface area contributed by atoms with Gasteiger partial charge >= 0.3 is 5.97 Å². The van der Waals surface area contributed by atoms with Crippen LogP contribution in [0.3, 0.4) is 0 Å². The number of nitrogens with one attached hydrogen (secondary N) is 1. The zero-order chi connectivity index (χ0) is 20.0. The van der Waals surface area contributed by atoms with Gasteiger partial charge in [0.05, 0.1) is 6.42 Å². The molecule has 0 saturated heterocycles. The quantitative estimate of drug-likeness (QED) is 0.595. The molecule has 1 N–H and O–H groups in total. The first kappa shape index (κ1) is 20.1. The number of ether oxygens (including phenoxy) is 1. The second-order valence-electron chi connectivity index (χ2n) is 6.26. The third-order valence-electron chi connectivity index (χ3n) is 4.18. The van der Waals surface area contributed by atoms with E-state index < -0.39 is 24.4 Å². The van der Waals surface area contributed by atoms with Gasteiger partial charge in [-0.15, -0.1) is 0 Å². The largest absolute Gasteiger partial charge is 0.456 e. The van der Waals surface area contributed by atoms with Crippen molar-refractivity contribution in [2.45, 2.75) is 26.7 Å². The second kappa shape index (κ2) is 8.93. The molecule has 142 valence electrons. The molecule has 0 aliphatic carbocycles. The molecule has 2 amide bonds. The van der Waals surface area contributed by atoms with Crippen LogP contribution >= 0.6 is 0 Å². The fourth-order valence-electron chi connectivity index (χ4n) is 2.42. The fourth-order valence-corrected chi connectivity index (χ4v) is 2.42. The minimum absolute atomic E-state index is 0.00870. The maximum Gasteiger partial charge on any atom is 0.306 e. The molecule has 7 nitrogen and oxygen atoms in total. The SMILES string of the molecule is Cc1ccc(C(=O)CCC(=O)OCC(=O)NC(=O)c2cccn2C)cc1C. The predicted octanol–water partition coefficient (Wildman–Crippen LogP) is 2.10. The van der Waals surface area contributed by atoms with E-state index in [9.17, 15) is 19.2 Å². The summed E-state index contributed by atoms with van der Waals surface area (Å²) in [4.78, 5) is 47.4. The normalized spacial score (nSPS) is 10.3. The van der Waals surface area contributed by atoms with Crippen molar-refractivity contribution >= 4 is 23.6 Å². The van der Waals surface area contributed by atoms with E-state index in [0.29, 0.717) is 11.3 Å². The highest BCUT2D eigenvalue weighted by Crippen LogP contribution is 2.12. The summed E-state index contributed by atoms with van der Waals surface area (Å²) in [6, 6.07) is 8.60. The van der Waals surface area contributed by atoms with Gasteiger partial charge in [0.25, 0.3) is 11.8 Å². The monoisotopic (exact) mass is 370 g/mol. The summed E-state index contributed by atoms with van der Waals surface area (Å²) in [5.74, 6) is -2.14. The molecule has 0 spiro atoms. The maximum absolute atomic E-state index is 12.1. The summed E-state index contributed by atoms with van der Waals surface area (Å²) in [6.45, 7) is 3.29. The Hall–Kier alpha value is -3.22. The lowest BCUT2D eigenvalue weighted by Crippen LogP contribution is -2.35. The van der Waals surface area contributed by atoms with Crippen LogP contribution in [0.4, 0.5) is 0 Å². The molecule has 27 heavy (non-hydrogen) atoms. The predicted molar refractivity (Wildman–Crippen MR) is 98.3 cm³/mol. The fraction of sp³-hybridized carbons (Fsp3) is 0.300. The molecule has 0 saturated carbocycles. The smallest absolute Gasteiger partial charge is 0.306 e. The Kier molecular flexibility index (Phi) is 6.65. The van der Waals surface area contributed by atoms with Gasteiger partial charge in [0.15, 0.2) is 12.4 Å². The number of amides is 2. The molecule has 7 heteroatoms. The number of hydrogen-bond donors (Lipinski definition) is 1. The molecule has 1 aromatic heterocycles. The molecule has 0 bridgehead atoms. The van der Waals surface area contributed by atoms with E-state index in [1.54, 1.807) is 42.1 Å². The van der Waals surface area contributed by atoms with Crippen molar-refractivity contribution in [3.05, 3.63) is 58.9 Å². The minimum atomic E-state index is -0.727. The molecule has 1 heterocycles. The van der Waals surface area contributed by atoms with Gasteiger partial charge in [-0.25, -0.2) is 0 Å². The number of aryl methyl sites for hydroxylation is 3. The van der Waals surface area contributed by atoms with E-state index in [2.05, 4.69) is 5.32 Å². The highest BCUT2D eigenvalue weighted by atomic mass is 16.5. The lowest BCUT2D eigenvalue weighted by atomic mass is 10.0. The molecule has 0 aliphatic rings. The Morgan fingerprint density at radius 2 is 1.78 bits per heavy atom. The van der Waals surface area contributed by atoms with Gasteiger partial charge < -0.3 is 9.30 Å². The van der Waals surface area contributed by atoms with Gasteiger partial charge in [-0.05, 0) is 43.2 Å². The Balaban J connectivity index is 1.74. The van der Waals surface area contributed by atoms with Crippen molar-refractivity contribution in [3.63, 3.8) is 0 Å². The highest BCUT2D eigenvalue weighted by molar-refractivity contribution is 6.04. The van der Waals surface area contributed by atoms with E-state index in [1.165, 1.54) is 0 Å². The van der Waals surface area contributed by atoms with Crippen LogP contribution in [-0.4, -0.2) is 34.7 Å². The first-order valence-corrected chi connectivity index (χ1v) is 8.49. The standard InChI is InChI=1S/C20H22N2O5/c1-13-6-7-15(11-14(13)2)17(23)8-9-19(25)27-12-18(24)21-20(26)16-5-4-10-22(16)3/h4-7,10-11H,8-9,12H2,1-3H3,(H,21,24,26). The van der Waals surface area contributed by atoms with E-state index >= 15 is 0 Å². The molecule has 0 atom stereocenters. The number of hydrogen-bond acceptors (Lipinski definition) is 5. The van der Waals surface area contributed by atoms with Crippen LogP contribution in [0.1, 0.15) is 44.8 Å².